The van der Waals surface area contributed by atoms with Gasteiger partial charge in [0.2, 0.25) is 0 Å². The zero-order chi connectivity index (χ0) is 12.4. The van der Waals surface area contributed by atoms with Gasteiger partial charge in [0, 0.05) is 30.1 Å². The molecule has 2 rings (SSSR count). The summed E-state index contributed by atoms with van der Waals surface area (Å²) in [5.74, 6) is 0. The largest absolute Gasteiger partial charge is 0.345 e. The molecule has 0 saturated heterocycles. The van der Waals surface area contributed by atoms with Crippen molar-refractivity contribution in [2.24, 2.45) is 0 Å². The zero-order valence-electron chi connectivity index (χ0n) is 11.3. The monoisotopic (exact) mass is 253 g/mol. The van der Waals surface area contributed by atoms with Crippen molar-refractivity contribution in [3.8, 4) is 0 Å². The van der Waals surface area contributed by atoms with E-state index in [1.807, 2.05) is 11.3 Å². The maximum atomic E-state index is 4.73. The summed E-state index contributed by atoms with van der Waals surface area (Å²) in [6.07, 6.45) is 2.68. The molecule has 0 unspecified atom stereocenters. The molecule has 0 atom stereocenters. The van der Waals surface area contributed by atoms with Crippen molar-refractivity contribution in [2.75, 3.05) is 11.4 Å². The molecule has 0 aliphatic heterocycles. The number of aryl methyl sites for hydroxylation is 1. The highest BCUT2D eigenvalue weighted by molar-refractivity contribution is 7.15. The lowest BCUT2D eigenvalue weighted by Gasteiger charge is -2.18. The van der Waals surface area contributed by atoms with Crippen LogP contribution in [0.5, 0.6) is 0 Å². The van der Waals surface area contributed by atoms with Crippen LogP contribution in [0.2, 0.25) is 0 Å². The number of hydrogen-bond acceptors (Lipinski definition) is 4. The molecule has 96 valence electrons. The van der Waals surface area contributed by atoms with E-state index in [1.54, 1.807) is 0 Å². The van der Waals surface area contributed by atoms with Crippen molar-refractivity contribution in [2.45, 2.75) is 59.2 Å². The third kappa shape index (κ3) is 3.19. The highest BCUT2D eigenvalue weighted by atomic mass is 32.1. The lowest BCUT2D eigenvalue weighted by molar-refractivity contribution is 0.591. The van der Waals surface area contributed by atoms with Gasteiger partial charge in [0.1, 0.15) is 0 Å². The molecule has 1 fully saturated rings. The minimum absolute atomic E-state index is 0.533. The Morgan fingerprint density at radius 3 is 2.71 bits per heavy atom. The predicted molar refractivity (Wildman–Crippen MR) is 74.9 cm³/mol. The zero-order valence-corrected chi connectivity index (χ0v) is 12.1. The molecule has 0 radical (unpaired) electrons. The molecule has 3 nitrogen and oxygen atoms in total. The number of nitrogens with one attached hydrogen (secondary N) is 1. The summed E-state index contributed by atoms with van der Waals surface area (Å²) in [5, 5.41) is 4.69. The molecule has 4 heteroatoms. The predicted octanol–water partition coefficient (Wildman–Crippen LogP) is 2.94. The molecule has 1 N–H and O–H groups in total. The van der Waals surface area contributed by atoms with Crippen molar-refractivity contribution in [1.82, 2.24) is 10.3 Å². The average Bonchev–Trinajstić information content (AvgIpc) is 3.02. The lowest BCUT2D eigenvalue weighted by Crippen LogP contribution is -2.24. The average molecular weight is 253 g/mol. The van der Waals surface area contributed by atoms with E-state index in [-0.39, 0.29) is 0 Å². The Morgan fingerprint density at radius 1 is 1.47 bits per heavy atom. The molecule has 0 aromatic carbocycles. The van der Waals surface area contributed by atoms with Crippen molar-refractivity contribution < 1.29 is 0 Å². The normalized spacial score (nSPS) is 15.6. The molecule has 17 heavy (non-hydrogen) atoms. The number of aromatic nitrogens is 1. The second kappa shape index (κ2) is 5.36. The topological polar surface area (TPSA) is 28.2 Å². The number of anilines is 1. The quantitative estimate of drug-likeness (QED) is 0.845. The van der Waals surface area contributed by atoms with Crippen molar-refractivity contribution in [3.63, 3.8) is 0 Å². The van der Waals surface area contributed by atoms with E-state index >= 15 is 0 Å². The summed E-state index contributed by atoms with van der Waals surface area (Å²) >= 11 is 1.85. The van der Waals surface area contributed by atoms with Gasteiger partial charge in [-0.25, -0.2) is 4.98 Å². The molecular weight excluding hydrogens is 230 g/mol. The first-order valence-electron chi connectivity index (χ1n) is 6.58. The van der Waals surface area contributed by atoms with E-state index in [0.717, 1.165) is 19.1 Å². The van der Waals surface area contributed by atoms with Gasteiger partial charge in [-0.2, -0.15) is 0 Å². The summed E-state index contributed by atoms with van der Waals surface area (Å²) < 4.78 is 0. The second-order valence-corrected chi connectivity index (χ2v) is 6.12. The van der Waals surface area contributed by atoms with Crippen molar-refractivity contribution >= 4 is 16.5 Å². The molecule has 1 aromatic rings. The fraction of sp³-hybridized carbons (Fsp3) is 0.769. The van der Waals surface area contributed by atoms with E-state index < -0.39 is 0 Å². The summed E-state index contributed by atoms with van der Waals surface area (Å²) in [7, 11) is 0. The first-order valence-corrected chi connectivity index (χ1v) is 7.39. The summed E-state index contributed by atoms with van der Waals surface area (Å²) in [6, 6.07) is 1.29. The SMILES string of the molecule is CCN(c1nc(C)c(CNC(C)C)s1)C1CC1. The first kappa shape index (κ1) is 12.8. The maximum Gasteiger partial charge on any atom is 0.186 e. The minimum atomic E-state index is 0.533. The van der Waals surface area contributed by atoms with Gasteiger partial charge in [0.15, 0.2) is 5.13 Å². The van der Waals surface area contributed by atoms with E-state index in [0.29, 0.717) is 6.04 Å². The smallest absolute Gasteiger partial charge is 0.186 e. The third-order valence-corrected chi connectivity index (χ3v) is 4.32. The van der Waals surface area contributed by atoms with Gasteiger partial charge in [-0.1, -0.05) is 13.8 Å². The molecule has 1 saturated carbocycles. The molecule has 1 aromatic heterocycles. The summed E-state index contributed by atoms with van der Waals surface area (Å²) in [4.78, 5) is 8.56. The van der Waals surface area contributed by atoms with Crippen LogP contribution >= 0.6 is 11.3 Å². The Balaban J connectivity index is 2.06. The Hall–Kier alpha value is -0.610. The van der Waals surface area contributed by atoms with E-state index in [9.17, 15) is 0 Å². The molecule has 1 aliphatic rings. The molecular formula is C13H23N3S. The fourth-order valence-corrected chi connectivity index (χ4v) is 3.08. The van der Waals surface area contributed by atoms with Gasteiger partial charge in [0.25, 0.3) is 0 Å². The third-order valence-electron chi connectivity index (χ3n) is 3.13. The van der Waals surface area contributed by atoms with Crippen LogP contribution in [0.4, 0.5) is 5.13 Å². The minimum Gasteiger partial charge on any atom is -0.345 e. The van der Waals surface area contributed by atoms with Crippen LogP contribution in [-0.4, -0.2) is 23.6 Å². The van der Waals surface area contributed by atoms with Crippen LogP contribution in [0.1, 0.15) is 44.2 Å². The number of nitrogens with zero attached hydrogens (tertiary/aromatic N) is 2. The molecule has 0 bridgehead atoms. The number of rotatable bonds is 6. The number of thiazole rings is 1. The van der Waals surface area contributed by atoms with E-state index in [1.165, 1.54) is 28.5 Å². The Labute approximate surface area is 108 Å². The number of hydrogen-bond donors (Lipinski definition) is 1. The Bertz CT molecular complexity index is 369. The fourth-order valence-electron chi connectivity index (χ4n) is 1.93. The summed E-state index contributed by atoms with van der Waals surface area (Å²) in [6.45, 7) is 10.7. The molecule has 1 heterocycles. The molecule has 1 aliphatic carbocycles. The van der Waals surface area contributed by atoms with Crippen molar-refractivity contribution in [3.05, 3.63) is 10.6 Å². The summed E-state index contributed by atoms with van der Waals surface area (Å²) in [5.41, 5.74) is 1.19. The standard InChI is InChI=1S/C13H23N3S/c1-5-16(11-6-7-11)13-15-10(4)12(17-13)8-14-9(2)3/h9,11,14H,5-8H2,1-4H3. The lowest BCUT2D eigenvalue weighted by atomic mass is 10.3. The van der Waals surface area contributed by atoms with Crippen LogP contribution < -0.4 is 10.2 Å². The van der Waals surface area contributed by atoms with Gasteiger partial charge in [-0.05, 0) is 26.7 Å². The van der Waals surface area contributed by atoms with Crippen LogP contribution in [0.25, 0.3) is 0 Å². The van der Waals surface area contributed by atoms with Crippen LogP contribution in [0, 0.1) is 6.92 Å². The van der Waals surface area contributed by atoms with Crippen LogP contribution in [0.3, 0.4) is 0 Å². The van der Waals surface area contributed by atoms with E-state index in [2.05, 4.69) is 37.9 Å². The van der Waals surface area contributed by atoms with Gasteiger partial charge in [-0.3, -0.25) is 0 Å². The van der Waals surface area contributed by atoms with Crippen molar-refractivity contribution in [1.29, 1.82) is 0 Å². The van der Waals surface area contributed by atoms with Gasteiger partial charge < -0.3 is 10.2 Å². The molecule has 0 amide bonds. The van der Waals surface area contributed by atoms with Gasteiger partial charge in [0.05, 0.1) is 5.69 Å². The highest BCUT2D eigenvalue weighted by Crippen LogP contribution is 2.34. The Morgan fingerprint density at radius 2 is 2.18 bits per heavy atom. The maximum absolute atomic E-state index is 4.73. The van der Waals surface area contributed by atoms with Gasteiger partial charge in [-0.15, -0.1) is 11.3 Å². The second-order valence-electron chi connectivity index (χ2n) is 5.06. The van der Waals surface area contributed by atoms with Crippen LogP contribution in [0.15, 0.2) is 0 Å². The highest BCUT2D eigenvalue weighted by Gasteiger charge is 2.30. The first-order chi connectivity index (χ1) is 8.11. The van der Waals surface area contributed by atoms with Gasteiger partial charge >= 0.3 is 0 Å². The Kier molecular flexibility index (Phi) is 4.05. The van der Waals surface area contributed by atoms with E-state index in [4.69, 9.17) is 4.98 Å². The van der Waals surface area contributed by atoms with Crippen LogP contribution in [-0.2, 0) is 6.54 Å². The molecule has 0 spiro atoms.